The number of benzene rings is 1. The third kappa shape index (κ3) is 3.44. The summed E-state index contributed by atoms with van der Waals surface area (Å²) in [7, 11) is 0. The Morgan fingerprint density at radius 2 is 2.24 bits per heavy atom. The monoisotopic (exact) mass is 366 g/mol. The van der Waals surface area contributed by atoms with Gasteiger partial charge in [-0.3, -0.25) is 0 Å². The van der Waals surface area contributed by atoms with E-state index >= 15 is 0 Å². The molecule has 0 aliphatic carbocycles. The second kappa shape index (κ2) is 6.15. The molecule has 0 aliphatic rings. The van der Waals surface area contributed by atoms with Gasteiger partial charge in [0.05, 0.1) is 16.8 Å². The number of aromatic amines is 1. The molecule has 6 nitrogen and oxygen atoms in total. The van der Waals surface area contributed by atoms with Gasteiger partial charge in [0.1, 0.15) is 5.82 Å². The average molecular weight is 367 g/mol. The topological polar surface area (TPSA) is 72.3 Å². The van der Waals surface area contributed by atoms with E-state index in [0.717, 1.165) is 33.0 Å². The van der Waals surface area contributed by atoms with Crippen LogP contribution in [0.4, 0.5) is 0 Å². The molecular formula is C13H15BrN6S. The van der Waals surface area contributed by atoms with E-state index in [1.165, 1.54) is 0 Å². The van der Waals surface area contributed by atoms with Crippen molar-refractivity contribution < 1.29 is 0 Å². The SMILES string of the molecule is CC(C)Cn1nnnc1SCc1nc2ccc(Br)cc2[nH]1. The smallest absolute Gasteiger partial charge is 0.209 e. The first-order valence-electron chi connectivity index (χ1n) is 6.65. The van der Waals surface area contributed by atoms with E-state index in [1.54, 1.807) is 11.8 Å². The summed E-state index contributed by atoms with van der Waals surface area (Å²) in [6.07, 6.45) is 0. The van der Waals surface area contributed by atoms with Crippen LogP contribution >= 0.6 is 27.7 Å². The summed E-state index contributed by atoms with van der Waals surface area (Å²) < 4.78 is 2.88. The summed E-state index contributed by atoms with van der Waals surface area (Å²) >= 11 is 5.05. The Morgan fingerprint density at radius 1 is 1.38 bits per heavy atom. The van der Waals surface area contributed by atoms with E-state index in [2.05, 4.69) is 55.3 Å². The van der Waals surface area contributed by atoms with Crippen molar-refractivity contribution in [1.29, 1.82) is 0 Å². The molecule has 0 atom stereocenters. The second-order valence-corrected chi connectivity index (χ2v) is 7.03. The van der Waals surface area contributed by atoms with Gasteiger partial charge < -0.3 is 4.98 Å². The number of tetrazole rings is 1. The number of hydrogen-bond donors (Lipinski definition) is 1. The predicted molar refractivity (Wildman–Crippen MR) is 86.0 cm³/mol. The molecule has 2 aromatic heterocycles. The highest BCUT2D eigenvalue weighted by Crippen LogP contribution is 2.22. The van der Waals surface area contributed by atoms with Crippen molar-refractivity contribution in [1.82, 2.24) is 30.2 Å². The highest BCUT2D eigenvalue weighted by molar-refractivity contribution is 9.10. The number of hydrogen-bond acceptors (Lipinski definition) is 5. The zero-order valence-corrected chi connectivity index (χ0v) is 14.1. The summed E-state index contributed by atoms with van der Waals surface area (Å²) in [5, 5.41) is 12.7. The van der Waals surface area contributed by atoms with Gasteiger partial charge in [-0.15, -0.1) is 5.10 Å². The van der Waals surface area contributed by atoms with Crippen molar-refractivity contribution in [2.24, 2.45) is 5.92 Å². The minimum atomic E-state index is 0.511. The van der Waals surface area contributed by atoms with E-state index in [-0.39, 0.29) is 0 Å². The molecule has 0 saturated heterocycles. The summed E-state index contributed by atoms with van der Waals surface area (Å²) in [6, 6.07) is 6.01. The molecular weight excluding hydrogens is 352 g/mol. The van der Waals surface area contributed by atoms with Gasteiger partial charge in [0, 0.05) is 11.0 Å². The summed E-state index contributed by atoms with van der Waals surface area (Å²) in [6.45, 7) is 5.11. The zero-order valence-electron chi connectivity index (χ0n) is 11.7. The lowest BCUT2D eigenvalue weighted by Gasteiger charge is -2.05. The number of thioether (sulfide) groups is 1. The van der Waals surface area contributed by atoms with E-state index in [1.807, 2.05) is 22.9 Å². The lowest BCUT2D eigenvalue weighted by molar-refractivity contribution is 0.445. The van der Waals surface area contributed by atoms with Crippen LogP contribution in [0.25, 0.3) is 11.0 Å². The predicted octanol–water partition coefficient (Wildman–Crippen LogP) is 3.26. The molecule has 0 aliphatic heterocycles. The molecule has 21 heavy (non-hydrogen) atoms. The first kappa shape index (κ1) is 14.5. The van der Waals surface area contributed by atoms with Gasteiger partial charge in [0.2, 0.25) is 5.16 Å². The normalized spacial score (nSPS) is 11.6. The van der Waals surface area contributed by atoms with Crippen LogP contribution in [0.3, 0.4) is 0 Å². The van der Waals surface area contributed by atoms with Crippen molar-refractivity contribution in [3.8, 4) is 0 Å². The molecule has 8 heteroatoms. The average Bonchev–Trinajstić information content (AvgIpc) is 3.01. The molecule has 0 saturated carbocycles. The van der Waals surface area contributed by atoms with Crippen LogP contribution in [0.1, 0.15) is 19.7 Å². The third-order valence-corrected chi connectivity index (χ3v) is 4.33. The number of nitrogens with one attached hydrogen (secondary N) is 1. The van der Waals surface area contributed by atoms with Crippen LogP contribution in [0.5, 0.6) is 0 Å². The fraction of sp³-hybridized carbons (Fsp3) is 0.385. The Morgan fingerprint density at radius 3 is 3.05 bits per heavy atom. The Hall–Kier alpha value is -1.41. The summed E-state index contributed by atoms with van der Waals surface area (Å²) in [5.41, 5.74) is 2.00. The lowest BCUT2D eigenvalue weighted by Crippen LogP contribution is -2.07. The number of nitrogens with zero attached hydrogens (tertiary/aromatic N) is 5. The Labute approximate surface area is 134 Å². The molecule has 0 spiro atoms. The van der Waals surface area contributed by atoms with Crippen LogP contribution in [-0.4, -0.2) is 30.2 Å². The summed E-state index contributed by atoms with van der Waals surface area (Å²) in [4.78, 5) is 7.89. The molecule has 1 N–H and O–H groups in total. The molecule has 2 heterocycles. The fourth-order valence-electron chi connectivity index (χ4n) is 2.00. The van der Waals surface area contributed by atoms with Crippen LogP contribution in [-0.2, 0) is 12.3 Å². The third-order valence-electron chi connectivity index (χ3n) is 2.87. The van der Waals surface area contributed by atoms with Gasteiger partial charge >= 0.3 is 0 Å². The molecule has 0 amide bonds. The van der Waals surface area contributed by atoms with Gasteiger partial charge in [-0.05, 0) is 34.5 Å². The molecule has 110 valence electrons. The largest absolute Gasteiger partial charge is 0.341 e. The summed E-state index contributed by atoms with van der Waals surface area (Å²) in [5.74, 6) is 2.15. The minimum absolute atomic E-state index is 0.511. The van der Waals surface area contributed by atoms with Gasteiger partial charge in [0.15, 0.2) is 0 Å². The molecule has 0 fully saturated rings. The van der Waals surface area contributed by atoms with Crippen molar-refractivity contribution in [2.45, 2.75) is 31.3 Å². The van der Waals surface area contributed by atoms with Crippen LogP contribution in [0.15, 0.2) is 27.8 Å². The number of H-pyrrole nitrogens is 1. The molecule has 3 aromatic rings. The maximum absolute atomic E-state index is 4.57. The first-order valence-corrected chi connectivity index (χ1v) is 8.43. The minimum Gasteiger partial charge on any atom is -0.341 e. The number of rotatable bonds is 5. The number of halogens is 1. The van der Waals surface area contributed by atoms with E-state index in [0.29, 0.717) is 11.7 Å². The Kier molecular flexibility index (Phi) is 4.25. The maximum atomic E-state index is 4.57. The highest BCUT2D eigenvalue weighted by Gasteiger charge is 2.10. The standard InChI is InChI=1S/C13H15BrN6S/c1-8(2)6-20-13(17-18-19-20)21-7-12-15-10-4-3-9(14)5-11(10)16-12/h3-5,8H,6-7H2,1-2H3,(H,15,16). The second-order valence-electron chi connectivity index (χ2n) is 5.17. The molecule has 0 radical (unpaired) electrons. The quantitative estimate of drug-likeness (QED) is 0.701. The van der Waals surface area contributed by atoms with E-state index < -0.39 is 0 Å². The number of imidazole rings is 1. The van der Waals surface area contributed by atoms with Gasteiger partial charge in [-0.1, -0.05) is 41.5 Å². The van der Waals surface area contributed by atoms with Crippen molar-refractivity contribution in [3.63, 3.8) is 0 Å². The molecule has 0 unspecified atom stereocenters. The van der Waals surface area contributed by atoms with Crippen molar-refractivity contribution >= 4 is 38.7 Å². The van der Waals surface area contributed by atoms with Crippen LogP contribution in [0, 0.1) is 5.92 Å². The van der Waals surface area contributed by atoms with Crippen LogP contribution in [0.2, 0.25) is 0 Å². The van der Waals surface area contributed by atoms with E-state index in [9.17, 15) is 0 Å². The van der Waals surface area contributed by atoms with Gasteiger partial charge in [-0.2, -0.15) is 0 Å². The maximum Gasteiger partial charge on any atom is 0.209 e. The zero-order chi connectivity index (χ0) is 14.8. The lowest BCUT2D eigenvalue weighted by atomic mass is 10.2. The van der Waals surface area contributed by atoms with Crippen molar-refractivity contribution in [3.05, 3.63) is 28.5 Å². The fourth-order valence-corrected chi connectivity index (χ4v) is 3.11. The molecule has 0 bridgehead atoms. The highest BCUT2D eigenvalue weighted by atomic mass is 79.9. The van der Waals surface area contributed by atoms with Crippen molar-refractivity contribution in [2.75, 3.05) is 0 Å². The van der Waals surface area contributed by atoms with Crippen LogP contribution < -0.4 is 0 Å². The van der Waals surface area contributed by atoms with E-state index in [4.69, 9.17) is 0 Å². The first-order chi connectivity index (χ1) is 10.1. The number of fused-ring (bicyclic) bond motifs is 1. The number of aromatic nitrogens is 6. The molecule has 1 aromatic carbocycles. The molecule has 3 rings (SSSR count). The van der Waals surface area contributed by atoms with Gasteiger partial charge in [0.25, 0.3) is 0 Å². The van der Waals surface area contributed by atoms with Gasteiger partial charge in [-0.25, -0.2) is 9.67 Å². The Balaban J connectivity index is 1.73. The Bertz CT molecular complexity index is 750.